The molecule has 0 bridgehead atoms. The van der Waals surface area contributed by atoms with Crippen molar-refractivity contribution >= 4 is 11.7 Å². The van der Waals surface area contributed by atoms with Gasteiger partial charge in [-0.2, -0.15) is 0 Å². The second kappa shape index (κ2) is 6.21. The van der Waals surface area contributed by atoms with Crippen molar-refractivity contribution in [2.45, 2.75) is 0 Å². The second-order valence-electron chi connectivity index (χ2n) is 4.19. The highest BCUT2D eigenvalue weighted by Crippen LogP contribution is 2.15. The number of amides is 1. The predicted molar refractivity (Wildman–Crippen MR) is 69.4 cm³/mol. The summed E-state index contributed by atoms with van der Waals surface area (Å²) < 4.78 is 39.2. The molecular weight excluding hydrogens is 283 g/mol. The van der Waals surface area contributed by atoms with E-state index in [2.05, 4.69) is 5.32 Å². The van der Waals surface area contributed by atoms with Crippen LogP contribution in [0.3, 0.4) is 0 Å². The molecule has 0 aliphatic carbocycles. The summed E-state index contributed by atoms with van der Waals surface area (Å²) in [5, 5.41) is 2.17. The molecule has 0 spiro atoms. The Morgan fingerprint density at radius 2 is 1.57 bits per heavy atom. The maximum absolute atomic E-state index is 13.4. The van der Waals surface area contributed by atoms with Crippen LogP contribution in [0.1, 0.15) is 20.7 Å². The monoisotopic (exact) mass is 293 g/mol. The molecule has 0 saturated carbocycles. The van der Waals surface area contributed by atoms with E-state index in [9.17, 15) is 22.8 Å². The van der Waals surface area contributed by atoms with E-state index in [0.29, 0.717) is 11.6 Å². The number of nitrogens with one attached hydrogen (secondary N) is 1. The van der Waals surface area contributed by atoms with Crippen LogP contribution in [0, 0.1) is 17.5 Å². The van der Waals surface area contributed by atoms with Gasteiger partial charge in [0.25, 0.3) is 5.91 Å². The lowest BCUT2D eigenvalue weighted by Gasteiger charge is -2.06. The van der Waals surface area contributed by atoms with Crippen LogP contribution in [0.4, 0.5) is 13.2 Å². The molecule has 0 atom stereocenters. The Balaban J connectivity index is 2.06. The second-order valence-corrected chi connectivity index (χ2v) is 4.19. The van der Waals surface area contributed by atoms with Crippen molar-refractivity contribution in [3.05, 3.63) is 71.0 Å². The van der Waals surface area contributed by atoms with Crippen molar-refractivity contribution in [3.8, 4) is 0 Å². The minimum absolute atomic E-state index is 0.374. The van der Waals surface area contributed by atoms with Gasteiger partial charge in [0.1, 0.15) is 0 Å². The fourth-order valence-electron chi connectivity index (χ4n) is 1.68. The molecule has 0 radical (unpaired) electrons. The van der Waals surface area contributed by atoms with Gasteiger partial charge in [-0.1, -0.05) is 30.3 Å². The van der Waals surface area contributed by atoms with E-state index in [0.717, 1.165) is 6.07 Å². The van der Waals surface area contributed by atoms with Crippen LogP contribution >= 0.6 is 0 Å². The molecule has 0 aromatic heterocycles. The van der Waals surface area contributed by atoms with Gasteiger partial charge in [0.2, 0.25) is 0 Å². The standard InChI is InChI=1S/C15H10F3NO2/c16-11-7-6-10(13(17)14(11)18)15(21)19-8-12(20)9-4-2-1-3-5-9/h1-7H,8H2,(H,19,21). The zero-order valence-electron chi connectivity index (χ0n) is 10.7. The van der Waals surface area contributed by atoms with Crippen LogP contribution in [0.15, 0.2) is 42.5 Å². The van der Waals surface area contributed by atoms with Gasteiger partial charge in [0.15, 0.2) is 23.2 Å². The third-order valence-corrected chi connectivity index (χ3v) is 2.79. The van der Waals surface area contributed by atoms with E-state index in [1.54, 1.807) is 30.3 Å². The third-order valence-electron chi connectivity index (χ3n) is 2.79. The Labute approximate surface area is 118 Å². The van der Waals surface area contributed by atoms with Crippen molar-refractivity contribution in [3.63, 3.8) is 0 Å². The van der Waals surface area contributed by atoms with Crippen molar-refractivity contribution in [2.75, 3.05) is 6.54 Å². The molecule has 0 saturated heterocycles. The highest BCUT2D eigenvalue weighted by Gasteiger charge is 2.19. The number of carbonyl (C=O) groups is 2. The van der Waals surface area contributed by atoms with E-state index in [4.69, 9.17) is 0 Å². The zero-order valence-corrected chi connectivity index (χ0v) is 10.7. The molecule has 0 fully saturated rings. The predicted octanol–water partition coefficient (Wildman–Crippen LogP) is 2.72. The highest BCUT2D eigenvalue weighted by atomic mass is 19.2. The maximum Gasteiger partial charge on any atom is 0.254 e. The Morgan fingerprint density at radius 3 is 2.24 bits per heavy atom. The minimum atomic E-state index is -1.72. The lowest BCUT2D eigenvalue weighted by atomic mass is 10.1. The minimum Gasteiger partial charge on any atom is -0.344 e. The van der Waals surface area contributed by atoms with Crippen LogP contribution in [0.25, 0.3) is 0 Å². The lowest BCUT2D eigenvalue weighted by Crippen LogP contribution is -2.30. The number of benzene rings is 2. The first-order valence-corrected chi connectivity index (χ1v) is 6.00. The number of ketones is 1. The van der Waals surface area contributed by atoms with Crippen molar-refractivity contribution < 1.29 is 22.8 Å². The molecule has 2 rings (SSSR count). The van der Waals surface area contributed by atoms with Crippen LogP contribution < -0.4 is 5.32 Å². The van der Waals surface area contributed by atoms with E-state index in [1.807, 2.05) is 0 Å². The number of hydrogen-bond acceptors (Lipinski definition) is 2. The summed E-state index contributed by atoms with van der Waals surface area (Å²) in [6, 6.07) is 9.63. The average molecular weight is 293 g/mol. The molecule has 1 N–H and O–H groups in total. The third kappa shape index (κ3) is 3.28. The molecule has 0 unspecified atom stereocenters. The van der Waals surface area contributed by atoms with Gasteiger partial charge < -0.3 is 5.32 Å². The molecule has 0 heterocycles. The molecular formula is C15H10F3NO2. The molecule has 3 nitrogen and oxygen atoms in total. The van der Waals surface area contributed by atoms with Gasteiger partial charge in [-0.15, -0.1) is 0 Å². The van der Waals surface area contributed by atoms with Crippen LogP contribution in [-0.2, 0) is 0 Å². The summed E-state index contributed by atoms with van der Waals surface area (Å²) in [6.45, 7) is -0.374. The molecule has 2 aromatic carbocycles. The van der Waals surface area contributed by atoms with Gasteiger partial charge in [0, 0.05) is 5.56 Å². The molecule has 2 aromatic rings. The first-order chi connectivity index (χ1) is 10.0. The van der Waals surface area contributed by atoms with Crippen LogP contribution in [-0.4, -0.2) is 18.2 Å². The summed E-state index contributed by atoms with van der Waals surface area (Å²) in [7, 11) is 0. The van der Waals surface area contributed by atoms with E-state index < -0.39 is 28.9 Å². The topological polar surface area (TPSA) is 46.2 Å². The van der Waals surface area contributed by atoms with Gasteiger partial charge >= 0.3 is 0 Å². The first kappa shape index (κ1) is 14.8. The summed E-state index contributed by atoms with van der Waals surface area (Å²) >= 11 is 0. The summed E-state index contributed by atoms with van der Waals surface area (Å²) in [5.41, 5.74) is -0.279. The fraction of sp³-hybridized carbons (Fsp3) is 0.0667. The number of rotatable bonds is 4. The van der Waals surface area contributed by atoms with E-state index in [-0.39, 0.29) is 12.3 Å². The molecule has 6 heteroatoms. The first-order valence-electron chi connectivity index (χ1n) is 6.00. The molecule has 0 aliphatic rings. The number of halogens is 3. The quantitative estimate of drug-likeness (QED) is 0.696. The van der Waals surface area contributed by atoms with Crippen LogP contribution in [0.2, 0.25) is 0 Å². The zero-order chi connectivity index (χ0) is 15.4. The van der Waals surface area contributed by atoms with Crippen molar-refractivity contribution in [2.24, 2.45) is 0 Å². The Morgan fingerprint density at radius 1 is 0.905 bits per heavy atom. The molecule has 108 valence electrons. The van der Waals surface area contributed by atoms with Gasteiger partial charge in [-0.05, 0) is 12.1 Å². The number of hydrogen-bond donors (Lipinski definition) is 1. The normalized spacial score (nSPS) is 10.2. The number of carbonyl (C=O) groups excluding carboxylic acids is 2. The SMILES string of the molecule is O=C(CNC(=O)c1ccc(F)c(F)c1F)c1ccccc1. The van der Waals surface area contributed by atoms with Gasteiger partial charge in [-0.3, -0.25) is 9.59 Å². The lowest BCUT2D eigenvalue weighted by molar-refractivity contribution is 0.0900. The number of Topliss-reactive ketones (excluding diaryl/α,β-unsaturated/α-hetero) is 1. The molecule has 21 heavy (non-hydrogen) atoms. The van der Waals surface area contributed by atoms with E-state index >= 15 is 0 Å². The summed E-state index contributed by atoms with van der Waals surface area (Å²) in [4.78, 5) is 23.4. The van der Waals surface area contributed by atoms with Crippen molar-refractivity contribution in [1.82, 2.24) is 5.32 Å². The average Bonchev–Trinajstić information content (AvgIpc) is 2.51. The Kier molecular flexibility index (Phi) is 4.37. The maximum atomic E-state index is 13.4. The van der Waals surface area contributed by atoms with Crippen molar-refractivity contribution in [1.29, 1.82) is 0 Å². The highest BCUT2D eigenvalue weighted by molar-refractivity contribution is 6.02. The van der Waals surface area contributed by atoms with Crippen LogP contribution in [0.5, 0.6) is 0 Å². The van der Waals surface area contributed by atoms with Gasteiger partial charge in [0.05, 0.1) is 12.1 Å². The molecule has 1 amide bonds. The largest absolute Gasteiger partial charge is 0.344 e. The van der Waals surface area contributed by atoms with Gasteiger partial charge in [-0.25, -0.2) is 13.2 Å². The Hall–Kier alpha value is -2.63. The fourth-order valence-corrected chi connectivity index (χ4v) is 1.68. The Bertz CT molecular complexity index is 687. The molecule has 0 aliphatic heterocycles. The summed E-state index contributed by atoms with van der Waals surface area (Å²) in [6.07, 6.45) is 0. The smallest absolute Gasteiger partial charge is 0.254 e. The van der Waals surface area contributed by atoms with E-state index in [1.165, 1.54) is 0 Å². The summed E-state index contributed by atoms with van der Waals surface area (Å²) in [5.74, 6) is -6.07.